The van der Waals surface area contributed by atoms with E-state index >= 15 is 0 Å². The van der Waals surface area contributed by atoms with E-state index in [0.29, 0.717) is 12.6 Å². The van der Waals surface area contributed by atoms with Crippen LogP contribution in [0.4, 0.5) is 5.95 Å². The SMILES string of the molecule is Cc1ccc(COc2ccccc2/C=N/Nc2nnc3c4cc(Br)ccc4n(C)c3n2)cc1. The number of fused-ring (bicyclic) bond motifs is 3. The lowest BCUT2D eigenvalue weighted by molar-refractivity contribution is 0.306. The van der Waals surface area contributed by atoms with Crippen LogP contribution in [0.2, 0.25) is 0 Å². The third-order valence-electron chi connectivity index (χ3n) is 5.36. The molecular weight excluding hydrogens is 480 g/mol. The van der Waals surface area contributed by atoms with Crippen molar-refractivity contribution in [2.45, 2.75) is 13.5 Å². The first-order valence-electron chi connectivity index (χ1n) is 10.4. The Morgan fingerprint density at radius 1 is 1.06 bits per heavy atom. The molecule has 0 fully saturated rings. The van der Waals surface area contributed by atoms with E-state index in [9.17, 15) is 0 Å². The number of halogens is 1. The molecule has 5 rings (SSSR count). The van der Waals surface area contributed by atoms with Gasteiger partial charge in [-0.25, -0.2) is 5.43 Å². The zero-order chi connectivity index (χ0) is 22.8. The zero-order valence-electron chi connectivity index (χ0n) is 18.2. The monoisotopic (exact) mass is 500 g/mol. The van der Waals surface area contributed by atoms with Gasteiger partial charge in [-0.1, -0.05) is 57.9 Å². The largest absolute Gasteiger partial charge is 0.488 e. The van der Waals surface area contributed by atoms with Crippen molar-refractivity contribution in [2.24, 2.45) is 12.1 Å². The molecule has 5 aromatic rings. The number of para-hydroxylation sites is 1. The van der Waals surface area contributed by atoms with Gasteiger partial charge in [0.05, 0.1) is 11.7 Å². The number of aryl methyl sites for hydroxylation is 2. The Labute approximate surface area is 199 Å². The molecular formula is C25H21BrN6O. The van der Waals surface area contributed by atoms with E-state index < -0.39 is 0 Å². The number of hydrazone groups is 1. The Balaban J connectivity index is 1.33. The van der Waals surface area contributed by atoms with Crippen LogP contribution in [-0.4, -0.2) is 26.0 Å². The predicted octanol–water partition coefficient (Wildman–Crippen LogP) is 5.61. The van der Waals surface area contributed by atoms with Crippen LogP contribution in [0.15, 0.2) is 76.3 Å². The summed E-state index contributed by atoms with van der Waals surface area (Å²) in [5, 5.41) is 13.9. The first-order valence-corrected chi connectivity index (χ1v) is 11.2. The molecule has 0 bridgehead atoms. The molecule has 2 aromatic heterocycles. The fourth-order valence-corrected chi connectivity index (χ4v) is 3.96. The third-order valence-corrected chi connectivity index (χ3v) is 5.86. The van der Waals surface area contributed by atoms with E-state index in [0.717, 1.165) is 43.4 Å². The van der Waals surface area contributed by atoms with E-state index in [1.54, 1.807) is 6.21 Å². The number of ether oxygens (including phenoxy) is 1. The average molecular weight is 501 g/mol. The van der Waals surface area contributed by atoms with Gasteiger partial charge in [0.2, 0.25) is 0 Å². The molecule has 7 nitrogen and oxygen atoms in total. The lowest BCUT2D eigenvalue weighted by atomic mass is 10.1. The molecule has 0 atom stereocenters. The average Bonchev–Trinajstić information content (AvgIpc) is 3.10. The highest BCUT2D eigenvalue weighted by Gasteiger charge is 2.12. The first kappa shape index (κ1) is 21.1. The molecule has 164 valence electrons. The summed E-state index contributed by atoms with van der Waals surface area (Å²) in [5.74, 6) is 1.07. The highest BCUT2D eigenvalue weighted by atomic mass is 79.9. The van der Waals surface area contributed by atoms with Gasteiger partial charge in [-0.05, 0) is 42.8 Å². The summed E-state index contributed by atoms with van der Waals surface area (Å²) in [6, 6.07) is 22.1. The number of rotatable bonds is 6. The lowest BCUT2D eigenvalue weighted by Crippen LogP contribution is -2.02. The third kappa shape index (κ3) is 4.42. The van der Waals surface area contributed by atoms with Gasteiger partial charge in [-0.3, -0.25) is 0 Å². The zero-order valence-corrected chi connectivity index (χ0v) is 19.7. The van der Waals surface area contributed by atoms with Crippen molar-refractivity contribution < 1.29 is 4.74 Å². The Morgan fingerprint density at radius 3 is 2.73 bits per heavy atom. The van der Waals surface area contributed by atoms with Gasteiger partial charge in [0.1, 0.15) is 17.9 Å². The Bertz CT molecular complexity index is 1480. The van der Waals surface area contributed by atoms with Gasteiger partial charge in [0.15, 0.2) is 5.65 Å². The summed E-state index contributed by atoms with van der Waals surface area (Å²) in [4.78, 5) is 4.60. The molecule has 2 heterocycles. The minimum atomic E-state index is 0.321. The Kier molecular flexibility index (Phi) is 5.75. The van der Waals surface area contributed by atoms with Crippen LogP contribution in [0.25, 0.3) is 22.1 Å². The normalized spacial score (nSPS) is 11.5. The predicted molar refractivity (Wildman–Crippen MR) is 135 cm³/mol. The number of nitrogens with one attached hydrogen (secondary N) is 1. The van der Waals surface area contributed by atoms with Crippen LogP contribution in [0.5, 0.6) is 5.75 Å². The van der Waals surface area contributed by atoms with Crippen LogP contribution in [0.1, 0.15) is 16.7 Å². The van der Waals surface area contributed by atoms with Crippen molar-refractivity contribution in [3.63, 3.8) is 0 Å². The van der Waals surface area contributed by atoms with E-state index in [4.69, 9.17) is 4.74 Å². The molecule has 0 aliphatic heterocycles. The van der Waals surface area contributed by atoms with Crippen molar-refractivity contribution in [1.29, 1.82) is 0 Å². The fraction of sp³-hybridized carbons (Fsp3) is 0.120. The van der Waals surface area contributed by atoms with Crippen LogP contribution in [-0.2, 0) is 13.7 Å². The number of hydrogen-bond donors (Lipinski definition) is 1. The minimum Gasteiger partial charge on any atom is -0.488 e. The quantitative estimate of drug-likeness (QED) is 0.242. The number of benzene rings is 3. The molecule has 1 N–H and O–H groups in total. The molecule has 0 aliphatic rings. The van der Waals surface area contributed by atoms with E-state index in [2.05, 4.69) is 72.8 Å². The molecule has 3 aromatic carbocycles. The standard InChI is InChI=1S/C25H21BrN6O/c1-16-7-9-17(10-8-16)15-33-22-6-4-3-5-18(22)14-27-30-25-28-24-23(29-31-25)20-13-19(26)11-12-21(20)32(24)2/h3-14H,15H2,1-2H3,(H,28,30,31)/b27-14+. The summed E-state index contributed by atoms with van der Waals surface area (Å²) >= 11 is 3.51. The molecule has 0 saturated carbocycles. The molecule has 8 heteroatoms. The van der Waals surface area contributed by atoms with Gasteiger partial charge in [0.25, 0.3) is 5.95 Å². The second-order valence-electron chi connectivity index (χ2n) is 7.71. The highest BCUT2D eigenvalue weighted by Crippen LogP contribution is 2.28. The maximum absolute atomic E-state index is 6.01. The van der Waals surface area contributed by atoms with Gasteiger partial charge in [0, 0.05) is 22.5 Å². The second kappa shape index (κ2) is 8.99. The van der Waals surface area contributed by atoms with Crippen molar-refractivity contribution >= 4 is 50.2 Å². The molecule has 33 heavy (non-hydrogen) atoms. The van der Waals surface area contributed by atoms with Crippen molar-refractivity contribution in [3.05, 3.63) is 87.9 Å². The summed E-state index contributed by atoms with van der Waals surface area (Å²) in [5.41, 5.74) is 8.59. The van der Waals surface area contributed by atoms with Crippen LogP contribution in [0, 0.1) is 6.92 Å². The van der Waals surface area contributed by atoms with Crippen molar-refractivity contribution in [3.8, 4) is 5.75 Å². The van der Waals surface area contributed by atoms with Gasteiger partial charge >= 0.3 is 0 Å². The summed E-state index contributed by atoms with van der Waals surface area (Å²) in [6.45, 7) is 2.55. The van der Waals surface area contributed by atoms with Crippen molar-refractivity contribution in [1.82, 2.24) is 19.7 Å². The number of hydrogen-bond acceptors (Lipinski definition) is 6. The molecule has 0 unspecified atom stereocenters. The highest BCUT2D eigenvalue weighted by molar-refractivity contribution is 9.10. The van der Waals surface area contributed by atoms with Gasteiger partial charge < -0.3 is 9.30 Å². The maximum Gasteiger partial charge on any atom is 0.265 e. The van der Waals surface area contributed by atoms with E-state index in [1.165, 1.54) is 5.56 Å². The topological polar surface area (TPSA) is 77.2 Å². The first-order chi connectivity index (χ1) is 16.1. The number of aromatic nitrogens is 4. The molecule has 0 saturated heterocycles. The smallest absolute Gasteiger partial charge is 0.265 e. The molecule has 0 aliphatic carbocycles. The van der Waals surface area contributed by atoms with E-state index in [-0.39, 0.29) is 0 Å². The lowest BCUT2D eigenvalue weighted by Gasteiger charge is -2.09. The summed E-state index contributed by atoms with van der Waals surface area (Å²) < 4.78 is 8.99. The molecule has 0 radical (unpaired) electrons. The number of anilines is 1. The van der Waals surface area contributed by atoms with Crippen LogP contribution >= 0.6 is 15.9 Å². The maximum atomic E-state index is 6.01. The molecule has 0 spiro atoms. The summed E-state index contributed by atoms with van der Waals surface area (Å²) in [7, 11) is 1.96. The Hall–Kier alpha value is -3.78. The fourth-order valence-electron chi connectivity index (χ4n) is 3.60. The number of nitrogens with zero attached hydrogens (tertiary/aromatic N) is 5. The molecule has 0 amide bonds. The minimum absolute atomic E-state index is 0.321. The van der Waals surface area contributed by atoms with Crippen LogP contribution < -0.4 is 10.2 Å². The van der Waals surface area contributed by atoms with Crippen molar-refractivity contribution in [2.75, 3.05) is 5.43 Å². The van der Waals surface area contributed by atoms with Gasteiger partial charge in [-0.15, -0.1) is 10.2 Å². The van der Waals surface area contributed by atoms with Crippen LogP contribution in [0.3, 0.4) is 0 Å². The summed E-state index contributed by atoms with van der Waals surface area (Å²) in [6.07, 6.45) is 1.69. The van der Waals surface area contributed by atoms with Gasteiger partial charge in [-0.2, -0.15) is 10.1 Å². The second-order valence-corrected chi connectivity index (χ2v) is 8.63. The van der Waals surface area contributed by atoms with E-state index in [1.807, 2.05) is 54.1 Å². The Morgan fingerprint density at radius 2 is 1.88 bits per heavy atom.